The lowest BCUT2D eigenvalue weighted by Crippen LogP contribution is -2.08. The van der Waals surface area contributed by atoms with Gasteiger partial charge < -0.3 is 4.57 Å². The molecule has 3 nitrogen and oxygen atoms in total. The van der Waals surface area contributed by atoms with Crippen molar-refractivity contribution < 1.29 is 9.18 Å². The third-order valence-electron chi connectivity index (χ3n) is 2.45. The van der Waals surface area contributed by atoms with Crippen LogP contribution < -0.4 is 0 Å². The lowest BCUT2D eigenvalue weighted by atomic mass is 10.1. The lowest BCUT2D eigenvalue weighted by Gasteiger charge is -2.03. The van der Waals surface area contributed by atoms with E-state index in [-0.39, 0.29) is 17.2 Å². The van der Waals surface area contributed by atoms with Crippen molar-refractivity contribution in [3.63, 3.8) is 0 Å². The fraction of sp³-hybridized carbons (Fsp3) is 0.167. The van der Waals surface area contributed by atoms with Crippen molar-refractivity contribution in [3.8, 4) is 0 Å². The van der Waals surface area contributed by atoms with Gasteiger partial charge in [-0.3, -0.25) is 4.79 Å². The van der Waals surface area contributed by atoms with Crippen molar-refractivity contribution >= 4 is 17.4 Å². The van der Waals surface area contributed by atoms with Crippen molar-refractivity contribution in [2.24, 2.45) is 7.05 Å². The van der Waals surface area contributed by atoms with Gasteiger partial charge in [0.25, 0.3) is 0 Å². The van der Waals surface area contributed by atoms with Crippen LogP contribution >= 0.6 is 11.6 Å². The Labute approximate surface area is 103 Å². The van der Waals surface area contributed by atoms with Gasteiger partial charge in [0.1, 0.15) is 11.5 Å². The van der Waals surface area contributed by atoms with Crippen LogP contribution in [-0.2, 0) is 13.5 Å². The van der Waals surface area contributed by atoms with Crippen LogP contribution in [-0.4, -0.2) is 15.3 Å². The van der Waals surface area contributed by atoms with Crippen LogP contribution in [0.15, 0.2) is 30.7 Å². The smallest absolute Gasteiger partial charge is 0.185 e. The summed E-state index contributed by atoms with van der Waals surface area (Å²) in [6.07, 6.45) is 3.18. The Morgan fingerprint density at radius 2 is 2.29 bits per heavy atom. The monoisotopic (exact) mass is 252 g/mol. The second-order valence-corrected chi connectivity index (χ2v) is 4.15. The first kappa shape index (κ1) is 11.8. The minimum Gasteiger partial charge on any atom is -0.331 e. The van der Waals surface area contributed by atoms with Gasteiger partial charge in [0.15, 0.2) is 5.78 Å². The van der Waals surface area contributed by atoms with E-state index in [1.807, 2.05) is 0 Å². The van der Waals surface area contributed by atoms with Crippen molar-refractivity contribution in [2.75, 3.05) is 0 Å². The second-order valence-electron chi connectivity index (χ2n) is 3.74. The molecule has 0 radical (unpaired) electrons. The number of imidazole rings is 1. The first-order chi connectivity index (χ1) is 8.08. The third kappa shape index (κ3) is 2.53. The summed E-state index contributed by atoms with van der Waals surface area (Å²) in [5.74, 6) is -0.617. The van der Waals surface area contributed by atoms with E-state index in [1.54, 1.807) is 24.0 Å². The number of nitrogens with zero attached hydrogens (tertiary/aromatic N) is 2. The van der Waals surface area contributed by atoms with Crippen LogP contribution in [0.3, 0.4) is 0 Å². The van der Waals surface area contributed by atoms with Crippen molar-refractivity contribution in [2.45, 2.75) is 6.42 Å². The summed E-state index contributed by atoms with van der Waals surface area (Å²) in [6.45, 7) is 0. The Morgan fingerprint density at radius 1 is 1.53 bits per heavy atom. The highest BCUT2D eigenvalue weighted by atomic mass is 35.5. The quantitative estimate of drug-likeness (QED) is 0.787. The number of halogens is 2. The molecule has 1 aromatic heterocycles. The van der Waals surface area contributed by atoms with Gasteiger partial charge in [-0.15, -0.1) is 0 Å². The topological polar surface area (TPSA) is 34.9 Å². The summed E-state index contributed by atoms with van der Waals surface area (Å²) in [5.41, 5.74) is 1.10. The lowest BCUT2D eigenvalue weighted by molar-refractivity contribution is 0.0985. The molecule has 0 unspecified atom stereocenters. The largest absolute Gasteiger partial charge is 0.331 e. The molecule has 2 aromatic rings. The molecule has 2 rings (SSSR count). The maximum Gasteiger partial charge on any atom is 0.185 e. The van der Waals surface area contributed by atoms with Crippen LogP contribution in [0.5, 0.6) is 0 Å². The fourth-order valence-electron chi connectivity index (χ4n) is 1.55. The molecule has 0 aliphatic heterocycles. The van der Waals surface area contributed by atoms with Gasteiger partial charge in [0.05, 0.1) is 17.5 Å². The van der Waals surface area contributed by atoms with Crippen LogP contribution in [0.25, 0.3) is 0 Å². The summed E-state index contributed by atoms with van der Waals surface area (Å²) >= 11 is 5.57. The molecule has 88 valence electrons. The van der Waals surface area contributed by atoms with Crippen molar-refractivity contribution in [1.29, 1.82) is 0 Å². The van der Waals surface area contributed by atoms with Gasteiger partial charge in [0.2, 0.25) is 0 Å². The highest BCUT2D eigenvalue weighted by molar-refractivity contribution is 6.30. The Kier molecular flexibility index (Phi) is 3.24. The van der Waals surface area contributed by atoms with Crippen LogP contribution in [0.1, 0.15) is 16.1 Å². The Morgan fingerprint density at radius 3 is 2.88 bits per heavy atom. The predicted octanol–water partition coefficient (Wildman–Crippen LogP) is 2.64. The minimum absolute atomic E-state index is 0.0572. The summed E-state index contributed by atoms with van der Waals surface area (Å²) in [7, 11) is 1.74. The number of carbonyl (C=O) groups excluding carboxylic acids is 1. The number of rotatable bonds is 3. The van der Waals surface area contributed by atoms with Gasteiger partial charge in [-0.1, -0.05) is 17.7 Å². The highest BCUT2D eigenvalue weighted by Gasteiger charge is 2.11. The Bertz CT molecular complexity index is 565. The van der Waals surface area contributed by atoms with Gasteiger partial charge in [0, 0.05) is 13.5 Å². The van der Waals surface area contributed by atoms with Gasteiger partial charge in [-0.05, 0) is 17.7 Å². The first-order valence-electron chi connectivity index (χ1n) is 5.01. The van der Waals surface area contributed by atoms with E-state index >= 15 is 0 Å². The molecular weight excluding hydrogens is 243 g/mol. The molecule has 0 spiro atoms. The van der Waals surface area contributed by atoms with Crippen LogP contribution in [0, 0.1) is 5.82 Å². The van der Waals surface area contributed by atoms with Gasteiger partial charge in [-0.25, -0.2) is 9.37 Å². The van der Waals surface area contributed by atoms with Crippen molar-refractivity contribution in [3.05, 3.63) is 52.8 Å². The SMILES string of the molecule is Cn1cncc1C(=O)Cc1ccc(Cl)c(F)c1. The van der Waals surface area contributed by atoms with Gasteiger partial charge in [-0.2, -0.15) is 0 Å². The third-order valence-corrected chi connectivity index (χ3v) is 2.76. The Balaban J connectivity index is 2.19. The van der Waals surface area contributed by atoms with E-state index < -0.39 is 5.82 Å². The zero-order valence-corrected chi connectivity index (χ0v) is 9.91. The zero-order valence-electron chi connectivity index (χ0n) is 9.15. The molecular formula is C12H10ClFN2O. The maximum absolute atomic E-state index is 13.2. The fourth-order valence-corrected chi connectivity index (χ4v) is 1.67. The molecule has 0 bridgehead atoms. The number of aromatic nitrogens is 2. The molecule has 17 heavy (non-hydrogen) atoms. The van der Waals surface area contributed by atoms with Gasteiger partial charge >= 0.3 is 0 Å². The van der Waals surface area contributed by atoms with E-state index in [0.29, 0.717) is 11.3 Å². The average Bonchev–Trinajstić information content (AvgIpc) is 2.70. The molecule has 0 atom stereocenters. The molecule has 0 saturated carbocycles. The van der Waals surface area contributed by atoms with E-state index in [1.165, 1.54) is 18.3 Å². The van der Waals surface area contributed by atoms with E-state index in [9.17, 15) is 9.18 Å². The number of benzene rings is 1. The Hall–Kier alpha value is -1.68. The summed E-state index contributed by atoms with van der Waals surface area (Å²) in [4.78, 5) is 15.7. The van der Waals surface area contributed by atoms with Crippen LogP contribution in [0.2, 0.25) is 5.02 Å². The van der Waals surface area contributed by atoms with E-state index in [0.717, 1.165) is 0 Å². The predicted molar refractivity (Wildman–Crippen MR) is 62.7 cm³/mol. The number of hydrogen-bond acceptors (Lipinski definition) is 2. The van der Waals surface area contributed by atoms with Crippen molar-refractivity contribution in [1.82, 2.24) is 9.55 Å². The van der Waals surface area contributed by atoms with Crippen LogP contribution in [0.4, 0.5) is 4.39 Å². The highest BCUT2D eigenvalue weighted by Crippen LogP contribution is 2.16. The number of ketones is 1. The van der Waals surface area contributed by atoms with E-state index in [2.05, 4.69) is 4.98 Å². The summed E-state index contributed by atoms with van der Waals surface area (Å²) < 4.78 is 14.8. The second kappa shape index (κ2) is 4.67. The minimum atomic E-state index is -0.512. The molecule has 0 aliphatic rings. The standard InChI is InChI=1S/C12H10ClFN2O/c1-16-7-15-6-11(16)12(17)5-8-2-3-9(13)10(14)4-8/h2-4,6-7H,5H2,1H3. The molecule has 1 aromatic carbocycles. The normalized spacial score (nSPS) is 10.5. The molecule has 1 heterocycles. The molecule has 5 heteroatoms. The maximum atomic E-state index is 13.2. The molecule has 0 fully saturated rings. The summed E-state index contributed by atoms with van der Waals surface area (Å²) in [6, 6.07) is 4.36. The molecule has 0 N–H and O–H groups in total. The number of Topliss-reactive ketones (excluding diaryl/α,β-unsaturated/α-hetero) is 1. The van der Waals surface area contributed by atoms with E-state index in [4.69, 9.17) is 11.6 Å². The number of hydrogen-bond donors (Lipinski definition) is 0. The number of aryl methyl sites for hydroxylation is 1. The molecule has 0 amide bonds. The molecule has 0 saturated heterocycles. The first-order valence-corrected chi connectivity index (χ1v) is 5.39. The average molecular weight is 253 g/mol. The molecule has 0 aliphatic carbocycles. The zero-order chi connectivity index (χ0) is 12.4. The summed E-state index contributed by atoms with van der Waals surface area (Å²) in [5, 5.41) is 0.0572. The number of carbonyl (C=O) groups is 1.